The highest BCUT2D eigenvalue weighted by Crippen LogP contribution is 2.20. The van der Waals surface area contributed by atoms with E-state index in [4.69, 9.17) is 5.73 Å². The maximum atomic E-state index is 5.63. The van der Waals surface area contributed by atoms with E-state index < -0.39 is 0 Å². The second-order valence-electron chi connectivity index (χ2n) is 4.60. The quantitative estimate of drug-likeness (QED) is 0.911. The summed E-state index contributed by atoms with van der Waals surface area (Å²) in [5, 5.41) is 0. The molecule has 0 spiro atoms. The minimum atomic E-state index is 0.619. The van der Waals surface area contributed by atoms with Crippen LogP contribution in [0, 0.1) is 13.8 Å². The molecule has 4 heteroatoms. The van der Waals surface area contributed by atoms with Crippen molar-refractivity contribution < 1.29 is 0 Å². The van der Waals surface area contributed by atoms with Crippen LogP contribution >= 0.6 is 0 Å². The van der Waals surface area contributed by atoms with Gasteiger partial charge in [-0.3, -0.25) is 4.98 Å². The molecular weight excluding hydrogens is 236 g/mol. The highest BCUT2D eigenvalue weighted by molar-refractivity contribution is 5.55. The van der Waals surface area contributed by atoms with Gasteiger partial charge in [0.05, 0.1) is 0 Å². The van der Waals surface area contributed by atoms with Crippen molar-refractivity contribution in [1.29, 1.82) is 0 Å². The molecule has 0 radical (unpaired) electrons. The molecule has 2 aromatic heterocycles. The fourth-order valence-electron chi connectivity index (χ4n) is 2.28. The molecule has 2 aromatic rings. The number of hydrogen-bond donors (Lipinski definition) is 1. The molecule has 0 aliphatic rings. The highest BCUT2D eigenvalue weighted by atomic mass is 14.9. The maximum Gasteiger partial charge on any atom is 0.178 e. The number of nitrogens with zero attached hydrogens (tertiary/aromatic N) is 3. The van der Waals surface area contributed by atoms with Crippen LogP contribution in [0.5, 0.6) is 0 Å². The number of pyridine rings is 1. The molecule has 0 aliphatic heterocycles. The van der Waals surface area contributed by atoms with Gasteiger partial charge in [-0.05, 0) is 50.4 Å². The normalized spacial score (nSPS) is 10.7. The van der Waals surface area contributed by atoms with Crippen molar-refractivity contribution in [2.24, 2.45) is 5.73 Å². The molecule has 100 valence electrons. The van der Waals surface area contributed by atoms with Crippen LogP contribution in [-0.2, 0) is 12.8 Å². The molecule has 0 unspecified atom stereocenters. The summed E-state index contributed by atoms with van der Waals surface area (Å²) in [6.07, 6.45) is 3.53. The van der Waals surface area contributed by atoms with E-state index in [1.165, 1.54) is 5.56 Å². The number of aromatic nitrogens is 3. The Morgan fingerprint density at radius 2 is 1.84 bits per heavy atom. The molecule has 0 saturated heterocycles. The zero-order valence-corrected chi connectivity index (χ0v) is 11.8. The minimum absolute atomic E-state index is 0.619. The molecule has 0 fully saturated rings. The zero-order valence-electron chi connectivity index (χ0n) is 11.8. The molecule has 0 saturated carbocycles. The SMILES string of the molecule is CCc1cccnc1-c1nc(C)c(CCN)c(C)n1. The molecule has 0 amide bonds. The molecule has 2 heterocycles. The predicted molar refractivity (Wildman–Crippen MR) is 76.9 cm³/mol. The first-order valence-electron chi connectivity index (χ1n) is 6.65. The van der Waals surface area contributed by atoms with Crippen LogP contribution in [0.15, 0.2) is 18.3 Å². The lowest BCUT2D eigenvalue weighted by Gasteiger charge is -2.11. The average molecular weight is 256 g/mol. The second kappa shape index (κ2) is 5.89. The van der Waals surface area contributed by atoms with E-state index in [-0.39, 0.29) is 0 Å². The number of nitrogens with two attached hydrogens (primary N) is 1. The van der Waals surface area contributed by atoms with Crippen molar-refractivity contribution in [1.82, 2.24) is 15.0 Å². The molecule has 0 aliphatic carbocycles. The highest BCUT2D eigenvalue weighted by Gasteiger charge is 2.12. The van der Waals surface area contributed by atoms with Gasteiger partial charge in [0, 0.05) is 17.6 Å². The standard InChI is InChI=1S/C15H20N4/c1-4-12-6-5-9-17-14(12)15-18-10(2)13(7-8-16)11(3)19-15/h5-6,9H,4,7-8,16H2,1-3H3. The summed E-state index contributed by atoms with van der Waals surface area (Å²) < 4.78 is 0. The van der Waals surface area contributed by atoms with Crippen molar-refractivity contribution in [2.45, 2.75) is 33.6 Å². The van der Waals surface area contributed by atoms with Crippen molar-refractivity contribution in [2.75, 3.05) is 6.54 Å². The van der Waals surface area contributed by atoms with Crippen LogP contribution in [-0.4, -0.2) is 21.5 Å². The summed E-state index contributed by atoms with van der Waals surface area (Å²) in [7, 11) is 0. The summed E-state index contributed by atoms with van der Waals surface area (Å²) in [6.45, 7) is 6.76. The Morgan fingerprint density at radius 1 is 1.16 bits per heavy atom. The lowest BCUT2D eigenvalue weighted by atomic mass is 10.1. The maximum absolute atomic E-state index is 5.63. The molecular formula is C15H20N4. The van der Waals surface area contributed by atoms with Crippen LogP contribution in [0.2, 0.25) is 0 Å². The van der Waals surface area contributed by atoms with Gasteiger partial charge >= 0.3 is 0 Å². The molecule has 4 nitrogen and oxygen atoms in total. The topological polar surface area (TPSA) is 64.7 Å². The third-order valence-corrected chi connectivity index (χ3v) is 3.30. The Kier molecular flexibility index (Phi) is 4.22. The van der Waals surface area contributed by atoms with Crippen LogP contribution < -0.4 is 5.73 Å². The molecule has 2 N–H and O–H groups in total. The first-order valence-corrected chi connectivity index (χ1v) is 6.65. The Morgan fingerprint density at radius 3 is 2.42 bits per heavy atom. The molecule has 2 rings (SSSR count). The van der Waals surface area contributed by atoms with E-state index in [2.05, 4.69) is 27.9 Å². The fourth-order valence-corrected chi connectivity index (χ4v) is 2.28. The molecule has 0 aromatic carbocycles. The lowest BCUT2D eigenvalue weighted by Crippen LogP contribution is -2.10. The van der Waals surface area contributed by atoms with Crippen molar-refractivity contribution in [3.8, 4) is 11.5 Å². The Labute approximate surface area is 114 Å². The first kappa shape index (κ1) is 13.6. The Hall–Kier alpha value is -1.81. The summed E-state index contributed by atoms with van der Waals surface area (Å²) >= 11 is 0. The van der Waals surface area contributed by atoms with Gasteiger partial charge in [0.25, 0.3) is 0 Å². The lowest BCUT2D eigenvalue weighted by molar-refractivity contribution is 0.894. The Bertz CT molecular complexity index is 555. The van der Waals surface area contributed by atoms with Gasteiger partial charge in [0.1, 0.15) is 5.69 Å². The fraction of sp³-hybridized carbons (Fsp3) is 0.400. The third-order valence-electron chi connectivity index (χ3n) is 3.30. The van der Waals surface area contributed by atoms with Gasteiger partial charge in [-0.1, -0.05) is 13.0 Å². The van der Waals surface area contributed by atoms with E-state index >= 15 is 0 Å². The van der Waals surface area contributed by atoms with Gasteiger partial charge in [-0.25, -0.2) is 9.97 Å². The van der Waals surface area contributed by atoms with E-state index in [0.717, 1.165) is 35.5 Å². The van der Waals surface area contributed by atoms with E-state index in [0.29, 0.717) is 12.4 Å². The van der Waals surface area contributed by atoms with Crippen molar-refractivity contribution in [3.05, 3.63) is 40.8 Å². The van der Waals surface area contributed by atoms with Crippen LogP contribution in [0.3, 0.4) is 0 Å². The van der Waals surface area contributed by atoms with Gasteiger partial charge in [0.2, 0.25) is 0 Å². The van der Waals surface area contributed by atoms with Crippen LogP contribution in [0.4, 0.5) is 0 Å². The summed E-state index contributed by atoms with van der Waals surface area (Å²) in [6, 6.07) is 4.02. The van der Waals surface area contributed by atoms with Gasteiger partial charge in [-0.2, -0.15) is 0 Å². The zero-order chi connectivity index (χ0) is 13.8. The Balaban J connectivity index is 2.52. The molecule has 0 bridgehead atoms. The summed E-state index contributed by atoms with van der Waals surface area (Å²) in [5.41, 5.74) is 10.8. The van der Waals surface area contributed by atoms with Crippen LogP contribution in [0.25, 0.3) is 11.5 Å². The number of rotatable bonds is 4. The van der Waals surface area contributed by atoms with Crippen molar-refractivity contribution >= 4 is 0 Å². The van der Waals surface area contributed by atoms with Crippen molar-refractivity contribution in [3.63, 3.8) is 0 Å². The van der Waals surface area contributed by atoms with Gasteiger partial charge in [-0.15, -0.1) is 0 Å². The van der Waals surface area contributed by atoms with E-state index in [9.17, 15) is 0 Å². The van der Waals surface area contributed by atoms with E-state index in [1.54, 1.807) is 6.20 Å². The predicted octanol–water partition coefficient (Wildman–Crippen LogP) is 2.22. The monoisotopic (exact) mass is 256 g/mol. The second-order valence-corrected chi connectivity index (χ2v) is 4.60. The van der Waals surface area contributed by atoms with Gasteiger partial charge < -0.3 is 5.73 Å². The smallest absolute Gasteiger partial charge is 0.178 e. The molecule has 0 atom stereocenters. The summed E-state index contributed by atoms with van der Waals surface area (Å²) in [4.78, 5) is 13.6. The average Bonchev–Trinajstić information content (AvgIpc) is 2.42. The third kappa shape index (κ3) is 2.79. The first-order chi connectivity index (χ1) is 9.17. The molecule has 19 heavy (non-hydrogen) atoms. The largest absolute Gasteiger partial charge is 0.330 e. The number of hydrogen-bond acceptors (Lipinski definition) is 4. The van der Waals surface area contributed by atoms with Crippen LogP contribution in [0.1, 0.15) is 29.4 Å². The minimum Gasteiger partial charge on any atom is -0.330 e. The summed E-state index contributed by atoms with van der Waals surface area (Å²) in [5.74, 6) is 0.716. The number of aryl methyl sites for hydroxylation is 3. The van der Waals surface area contributed by atoms with E-state index in [1.807, 2.05) is 19.9 Å². The van der Waals surface area contributed by atoms with Gasteiger partial charge in [0.15, 0.2) is 5.82 Å².